The lowest BCUT2D eigenvalue weighted by Crippen LogP contribution is -2.61. The van der Waals surface area contributed by atoms with Crippen molar-refractivity contribution in [3.63, 3.8) is 0 Å². The molecule has 2 aromatic rings. The first-order valence-corrected chi connectivity index (χ1v) is 14.6. The standard InChI is InChI=1S/C30H36N6O4/c1-40-27(39)30-17-28(30)14-24(35(18-31)15-20(28)10-11-25(30)37)29(21-8-4-5-9-22(21)32-26(29)38)12-13-36-16-23(33-34-36)19-6-2-3-7-19/h4-5,8-9,16,19-20,24-25,37H,2-3,6-7,10-15,17H2,1H3,(H,32,38)/t20-,24-,25-,28+,29-,30-/m0/s1. The molecule has 6 atom stereocenters. The third-order valence-electron chi connectivity index (χ3n) is 11.2. The number of amides is 1. The summed E-state index contributed by atoms with van der Waals surface area (Å²) < 4.78 is 7.08. The predicted octanol–water partition coefficient (Wildman–Crippen LogP) is 3.09. The molecule has 1 aromatic carbocycles. The molecule has 0 radical (unpaired) electrons. The second kappa shape index (κ2) is 9.03. The average Bonchev–Trinajstić information content (AvgIpc) is 3.38. The number of aliphatic hydroxyl groups is 1. The van der Waals surface area contributed by atoms with Gasteiger partial charge >= 0.3 is 5.97 Å². The van der Waals surface area contributed by atoms with Crippen molar-refractivity contribution in [2.24, 2.45) is 16.7 Å². The third kappa shape index (κ3) is 3.30. The minimum absolute atomic E-state index is 0.0759. The number of para-hydroxylation sites is 1. The summed E-state index contributed by atoms with van der Waals surface area (Å²) in [6.07, 6.45) is 11.0. The molecule has 1 spiro atoms. The van der Waals surface area contributed by atoms with Gasteiger partial charge in [0, 0.05) is 30.9 Å². The summed E-state index contributed by atoms with van der Waals surface area (Å²) in [7, 11) is 1.38. The van der Waals surface area contributed by atoms with E-state index in [0.29, 0.717) is 44.7 Å². The molecule has 10 heteroatoms. The van der Waals surface area contributed by atoms with Gasteiger partial charge in [0.25, 0.3) is 0 Å². The highest BCUT2D eigenvalue weighted by Crippen LogP contribution is 2.77. The number of nitrogens with one attached hydrogen (secondary N) is 1. The van der Waals surface area contributed by atoms with Crippen LogP contribution in [-0.4, -0.2) is 62.7 Å². The van der Waals surface area contributed by atoms with Crippen LogP contribution in [0, 0.1) is 28.2 Å². The first-order valence-electron chi connectivity index (χ1n) is 14.6. The van der Waals surface area contributed by atoms with Gasteiger partial charge in [-0.25, -0.2) is 0 Å². The van der Waals surface area contributed by atoms with Gasteiger partial charge in [-0.2, -0.15) is 5.26 Å². The van der Waals surface area contributed by atoms with Crippen molar-refractivity contribution in [2.75, 3.05) is 19.0 Å². The Labute approximate surface area is 233 Å². The van der Waals surface area contributed by atoms with Gasteiger partial charge in [0.2, 0.25) is 5.91 Å². The zero-order valence-corrected chi connectivity index (χ0v) is 22.9. The Morgan fingerprint density at radius 3 is 2.83 bits per heavy atom. The number of aliphatic hydroxyl groups excluding tert-OH is 1. The molecule has 2 N–H and O–H groups in total. The van der Waals surface area contributed by atoms with Crippen molar-refractivity contribution in [3.05, 3.63) is 41.7 Å². The van der Waals surface area contributed by atoms with Gasteiger partial charge < -0.3 is 20.1 Å². The van der Waals surface area contributed by atoms with E-state index in [1.54, 1.807) is 4.90 Å². The second-order valence-electron chi connectivity index (χ2n) is 12.7. The topological polar surface area (TPSA) is 133 Å². The Bertz CT molecular complexity index is 1400. The van der Waals surface area contributed by atoms with E-state index in [4.69, 9.17) is 4.74 Å². The van der Waals surface area contributed by atoms with E-state index in [1.165, 1.54) is 20.0 Å². The first kappa shape index (κ1) is 25.5. The van der Waals surface area contributed by atoms with Gasteiger partial charge in [-0.15, -0.1) is 5.10 Å². The van der Waals surface area contributed by atoms with Crippen LogP contribution in [0.25, 0.3) is 0 Å². The minimum Gasteiger partial charge on any atom is -0.468 e. The SMILES string of the molecule is COC(=O)[C@@]12C[C@@]13C[C@@H]([C@@]1(CCn4cc(C5CCCC5)nn4)C(=O)Nc4ccccc41)N(C#N)C[C@@H]3CC[C@@H]2O. The molecule has 40 heavy (non-hydrogen) atoms. The number of benzene rings is 1. The summed E-state index contributed by atoms with van der Waals surface area (Å²) in [6.45, 7) is 0.928. The molecule has 3 heterocycles. The molecule has 1 amide bonds. The number of nitriles is 1. The zero-order chi connectivity index (χ0) is 27.7. The summed E-state index contributed by atoms with van der Waals surface area (Å²) in [6, 6.07) is 7.24. The highest BCUT2D eigenvalue weighted by molar-refractivity contribution is 6.07. The van der Waals surface area contributed by atoms with Gasteiger partial charge in [-0.05, 0) is 67.9 Å². The number of hydrogen-bond acceptors (Lipinski definition) is 8. The number of piperidine rings is 1. The molecule has 3 saturated carbocycles. The second-order valence-corrected chi connectivity index (χ2v) is 12.7. The van der Waals surface area contributed by atoms with Gasteiger partial charge in [0.1, 0.15) is 5.41 Å². The summed E-state index contributed by atoms with van der Waals surface area (Å²) >= 11 is 0. The lowest BCUT2D eigenvalue weighted by Gasteiger charge is -2.52. The maximum atomic E-state index is 14.1. The van der Waals surface area contributed by atoms with Crippen molar-refractivity contribution in [1.82, 2.24) is 19.9 Å². The van der Waals surface area contributed by atoms with E-state index < -0.39 is 28.4 Å². The van der Waals surface area contributed by atoms with E-state index >= 15 is 0 Å². The van der Waals surface area contributed by atoms with Crippen LogP contribution in [0.1, 0.15) is 75.0 Å². The molecular formula is C30H36N6O4. The number of methoxy groups -OCH3 is 1. The molecule has 210 valence electrons. The summed E-state index contributed by atoms with van der Waals surface area (Å²) in [4.78, 5) is 29.1. The van der Waals surface area contributed by atoms with E-state index in [0.717, 1.165) is 36.2 Å². The molecule has 0 unspecified atom stereocenters. The zero-order valence-electron chi connectivity index (χ0n) is 22.9. The van der Waals surface area contributed by atoms with Crippen LogP contribution in [0.5, 0.6) is 0 Å². The van der Waals surface area contributed by atoms with Crippen molar-refractivity contribution in [3.8, 4) is 6.19 Å². The molecule has 5 aliphatic rings. The van der Waals surface area contributed by atoms with E-state index in [2.05, 4.69) is 21.8 Å². The first-order chi connectivity index (χ1) is 19.4. The monoisotopic (exact) mass is 544 g/mol. The van der Waals surface area contributed by atoms with E-state index in [-0.39, 0.29) is 17.8 Å². The molecule has 0 bridgehead atoms. The summed E-state index contributed by atoms with van der Waals surface area (Å²) in [5, 5.41) is 33.5. The fraction of sp³-hybridized carbons (Fsp3) is 0.633. The highest BCUT2D eigenvalue weighted by atomic mass is 16.5. The lowest BCUT2D eigenvalue weighted by molar-refractivity contribution is -0.161. The van der Waals surface area contributed by atoms with Crippen LogP contribution in [0.2, 0.25) is 0 Å². The molecule has 1 aromatic heterocycles. The lowest BCUT2D eigenvalue weighted by atomic mass is 9.60. The number of hydrogen-bond donors (Lipinski definition) is 2. The number of likely N-dealkylation sites (tertiary alicyclic amines) is 1. The van der Waals surface area contributed by atoms with Crippen LogP contribution in [0.15, 0.2) is 30.5 Å². The molecule has 1 saturated heterocycles. The number of nitrogens with zero attached hydrogens (tertiary/aromatic N) is 5. The van der Waals surface area contributed by atoms with Crippen molar-refractivity contribution in [1.29, 1.82) is 5.26 Å². The molecule has 4 fully saturated rings. The number of anilines is 1. The van der Waals surface area contributed by atoms with Crippen LogP contribution in [-0.2, 0) is 26.3 Å². The van der Waals surface area contributed by atoms with Crippen LogP contribution in [0.4, 0.5) is 5.69 Å². The molecular weight excluding hydrogens is 508 g/mol. The van der Waals surface area contributed by atoms with Gasteiger partial charge in [0.05, 0.1) is 30.4 Å². The summed E-state index contributed by atoms with van der Waals surface area (Å²) in [5.74, 6) is 0.0134. The Morgan fingerprint density at radius 1 is 1.25 bits per heavy atom. The van der Waals surface area contributed by atoms with Crippen LogP contribution in [0.3, 0.4) is 0 Å². The summed E-state index contributed by atoms with van der Waals surface area (Å²) in [5.41, 5.74) is 0.147. The Kier molecular flexibility index (Phi) is 5.76. The maximum absolute atomic E-state index is 14.1. The largest absolute Gasteiger partial charge is 0.468 e. The Morgan fingerprint density at radius 2 is 2.05 bits per heavy atom. The minimum atomic E-state index is -1.03. The van der Waals surface area contributed by atoms with Gasteiger partial charge in [-0.3, -0.25) is 14.3 Å². The fourth-order valence-electron chi connectivity index (χ4n) is 9.15. The Hall–Kier alpha value is -3.45. The number of carbonyl (C=O) groups excluding carboxylic acids is 2. The molecule has 7 rings (SSSR count). The van der Waals surface area contributed by atoms with Crippen LogP contribution < -0.4 is 5.32 Å². The molecule has 10 nitrogen and oxygen atoms in total. The fourth-order valence-corrected chi connectivity index (χ4v) is 9.15. The maximum Gasteiger partial charge on any atom is 0.315 e. The predicted molar refractivity (Wildman–Crippen MR) is 144 cm³/mol. The van der Waals surface area contributed by atoms with Crippen molar-refractivity contribution < 1.29 is 19.4 Å². The van der Waals surface area contributed by atoms with Gasteiger partial charge in [-0.1, -0.05) is 36.3 Å². The Balaban J connectivity index is 1.28. The average molecular weight is 545 g/mol. The molecule has 2 aliphatic heterocycles. The number of ether oxygens (including phenoxy) is 1. The van der Waals surface area contributed by atoms with Crippen molar-refractivity contribution >= 4 is 17.6 Å². The smallest absolute Gasteiger partial charge is 0.315 e. The van der Waals surface area contributed by atoms with E-state index in [9.17, 15) is 20.0 Å². The number of esters is 1. The highest BCUT2D eigenvalue weighted by Gasteiger charge is 2.81. The quantitative estimate of drug-likeness (QED) is 0.419. The van der Waals surface area contributed by atoms with Crippen LogP contribution >= 0.6 is 0 Å². The van der Waals surface area contributed by atoms with E-state index in [1.807, 2.05) is 35.1 Å². The number of carbonyl (C=O) groups is 2. The number of aromatic nitrogens is 3. The van der Waals surface area contributed by atoms with Crippen molar-refractivity contribution in [2.45, 2.75) is 87.8 Å². The van der Waals surface area contributed by atoms with Gasteiger partial charge in [0.15, 0.2) is 6.19 Å². The number of fused-ring (bicyclic) bond motifs is 1. The normalized spacial score (nSPS) is 36.3. The molecule has 3 aliphatic carbocycles. The number of aryl methyl sites for hydroxylation is 1. The number of rotatable bonds is 6. The third-order valence-corrected chi connectivity index (χ3v) is 11.2.